The molecule has 1 saturated heterocycles. The van der Waals surface area contributed by atoms with Gasteiger partial charge in [-0.15, -0.1) is 24.0 Å². The van der Waals surface area contributed by atoms with Crippen molar-refractivity contribution in [1.29, 1.82) is 0 Å². The van der Waals surface area contributed by atoms with Crippen LogP contribution in [0.5, 0.6) is 5.75 Å². The summed E-state index contributed by atoms with van der Waals surface area (Å²) in [4.78, 5) is 18.1. The van der Waals surface area contributed by atoms with Gasteiger partial charge in [-0.2, -0.15) is 0 Å². The molecule has 0 bridgehead atoms. The maximum Gasteiger partial charge on any atom is 0.222 e. The van der Waals surface area contributed by atoms with E-state index in [0.29, 0.717) is 19.5 Å². The number of rotatable bonds is 10. The molecule has 2 aromatic rings. The Morgan fingerprint density at radius 3 is 2.53 bits per heavy atom. The van der Waals surface area contributed by atoms with E-state index in [1.54, 1.807) is 14.2 Å². The smallest absolute Gasteiger partial charge is 0.222 e. The molecule has 6 nitrogen and oxygen atoms in total. The molecular weight excluding hydrogens is 515 g/mol. The summed E-state index contributed by atoms with van der Waals surface area (Å²) in [7, 11) is 3.48. The Kier molecular flexibility index (Phi) is 11.3. The maximum absolute atomic E-state index is 11.9. The highest BCUT2D eigenvalue weighted by molar-refractivity contribution is 14.0. The van der Waals surface area contributed by atoms with E-state index in [1.165, 1.54) is 16.7 Å². The molecule has 2 N–H and O–H groups in total. The minimum atomic E-state index is 0. The largest absolute Gasteiger partial charge is 0.497 e. The summed E-state index contributed by atoms with van der Waals surface area (Å²) in [5, 5.41) is 6.77. The van der Waals surface area contributed by atoms with Crippen LogP contribution in [0.25, 0.3) is 0 Å². The Bertz CT molecular complexity index is 871. The van der Waals surface area contributed by atoms with Gasteiger partial charge in [0.2, 0.25) is 5.91 Å². The summed E-state index contributed by atoms with van der Waals surface area (Å²) in [5.74, 6) is 1.97. The fourth-order valence-electron chi connectivity index (χ4n) is 3.79. The minimum Gasteiger partial charge on any atom is -0.497 e. The van der Waals surface area contributed by atoms with Gasteiger partial charge in [0.15, 0.2) is 5.96 Å². The first-order valence-electron chi connectivity index (χ1n) is 11.1. The SMILES string of the molecule is CN=C(NCCCCc1ccc(OC)cc1)NCc1cccc(CN2CCCC2=O)c1.I. The van der Waals surface area contributed by atoms with Gasteiger partial charge in [0.25, 0.3) is 0 Å². The number of aryl methyl sites for hydroxylation is 1. The molecule has 1 heterocycles. The number of likely N-dealkylation sites (tertiary alicyclic amines) is 1. The molecule has 0 saturated carbocycles. The number of carbonyl (C=O) groups is 1. The summed E-state index contributed by atoms with van der Waals surface area (Å²) in [6.45, 7) is 3.16. The molecule has 0 radical (unpaired) electrons. The lowest BCUT2D eigenvalue weighted by Crippen LogP contribution is -2.37. The maximum atomic E-state index is 11.9. The molecule has 7 heteroatoms. The normalized spacial score (nSPS) is 13.6. The molecular formula is C25H35IN4O2. The lowest BCUT2D eigenvalue weighted by molar-refractivity contribution is -0.128. The number of benzene rings is 2. The number of ether oxygens (including phenoxy) is 1. The van der Waals surface area contributed by atoms with Gasteiger partial charge in [-0.1, -0.05) is 36.4 Å². The van der Waals surface area contributed by atoms with Crippen molar-refractivity contribution >= 4 is 35.8 Å². The predicted molar refractivity (Wildman–Crippen MR) is 141 cm³/mol. The zero-order valence-corrected chi connectivity index (χ0v) is 21.4. The lowest BCUT2D eigenvalue weighted by Gasteiger charge is -2.16. The third-order valence-corrected chi connectivity index (χ3v) is 5.56. The number of carbonyl (C=O) groups excluding carboxylic acids is 1. The van der Waals surface area contributed by atoms with Crippen LogP contribution in [0.15, 0.2) is 53.5 Å². The Morgan fingerprint density at radius 2 is 1.84 bits per heavy atom. The van der Waals surface area contributed by atoms with Crippen LogP contribution < -0.4 is 15.4 Å². The summed E-state index contributed by atoms with van der Waals surface area (Å²) >= 11 is 0. The molecule has 3 rings (SSSR count). The number of hydrogen-bond donors (Lipinski definition) is 2. The van der Waals surface area contributed by atoms with Crippen molar-refractivity contribution in [2.75, 3.05) is 27.2 Å². The molecule has 0 aromatic heterocycles. The number of nitrogens with one attached hydrogen (secondary N) is 2. The number of methoxy groups -OCH3 is 1. The van der Waals surface area contributed by atoms with E-state index in [9.17, 15) is 4.79 Å². The van der Waals surface area contributed by atoms with E-state index in [4.69, 9.17) is 4.74 Å². The number of amides is 1. The Hall–Kier alpha value is -2.29. The average molecular weight is 550 g/mol. The van der Waals surface area contributed by atoms with Crippen molar-refractivity contribution in [3.05, 3.63) is 65.2 Å². The van der Waals surface area contributed by atoms with Crippen LogP contribution >= 0.6 is 24.0 Å². The molecule has 2 aromatic carbocycles. The molecule has 1 fully saturated rings. The number of unbranched alkanes of at least 4 members (excludes halogenated alkanes) is 1. The molecule has 1 amide bonds. The fraction of sp³-hybridized carbons (Fsp3) is 0.440. The number of aliphatic imine (C=N–C) groups is 1. The third-order valence-electron chi connectivity index (χ3n) is 5.56. The van der Waals surface area contributed by atoms with Gasteiger partial charge < -0.3 is 20.3 Å². The van der Waals surface area contributed by atoms with E-state index in [0.717, 1.165) is 50.5 Å². The second-order valence-corrected chi connectivity index (χ2v) is 7.90. The Balaban J connectivity index is 0.00000363. The van der Waals surface area contributed by atoms with Crippen LogP contribution in [-0.4, -0.2) is 44.0 Å². The third kappa shape index (κ3) is 8.33. The van der Waals surface area contributed by atoms with Crippen LogP contribution in [0.4, 0.5) is 0 Å². The van der Waals surface area contributed by atoms with E-state index < -0.39 is 0 Å². The standard InChI is InChI=1S/C25H34N4O2.HI/c1-26-25(27-15-4-3-7-20-11-13-23(31-2)14-12-20)28-18-21-8-5-9-22(17-21)19-29-16-6-10-24(29)30;/h5,8-9,11-14,17H,3-4,6-7,10,15-16,18-19H2,1-2H3,(H2,26,27,28);1H. The van der Waals surface area contributed by atoms with Crippen LogP contribution in [0.1, 0.15) is 42.4 Å². The first-order chi connectivity index (χ1) is 15.2. The van der Waals surface area contributed by atoms with E-state index in [2.05, 4.69) is 52.0 Å². The van der Waals surface area contributed by atoms with Gasteiger partial charge in [-0.25, -0.2) is 0 Å². The minimum absolute atomic E-state index is 0. The van der Waals surface area contributed by atoms with Crippen LogP contribution in [-0.2, 0) is 24.3 Å². The highest BCUT2D eigenvalue weighted by Gasteiger charge is 2.19. The average Bonchev–Trinajstić information content (AvgIpc) is 3.20. The molecule has 0 unspecified atom stereocenters. The van der Waals surface area contributed by atoms with Gasteiger partial charge in [-0.05, 0) is 54.5 Å². The molecule has 0 atom stereocenters. The summed E-state index contributed by atoms with van der Waals surface area (Å²) in [5.41, 5.74) is 3.70. The summed E-state index contributed by atoms with van der Waals surface area (Å²) < 4.78 is 5.20. The molecule has 1 aliphatic heterocycles. The molecule has 0 aliphatic carbocycles. The van der Waals surface area contributed by atoms with Crippen molar-refractivity contribution in [1.82, 2.24) is 15.5 Å². The van der Waals surface area contributed by atoms with Gasteiger partial charge in [0.1, 0.15) is 5.75 Å². The van der Waals surface area contributed by atoms with Crippen LogP contribution in [0, 0.1) is 0 Å². The lowest BCUT2D eigenvalue weighted by atomic mass is 10.1. The zero-order chi connectivity index (χ0) is 21.9. The number of guanidine groups is 1. The Morgan fingerprint density at radius 1 is 1.06 bits per heavy atom. The van der Waals surface area contributed by atoms with E-state index >= 15 is 0 Å². The Labute approximate surface area is 208 Å². The van der Waals surface area contributed by atoms with Gasteiger partial charge in [0.05, 0.1) is 7.11 Å². The number of hydrogen-bond acceptors (Lipinski definition) is 3. The predicted octanol–water partition coefficient (Wildman–Crippen LogP) is 4.12. The number of halogens is 1. The zero-order valence-electron chi connectivity index (χ0n) is 19.1. The van der Waals surface area contributed by atoms with Gasteiger partial charge >= 0.3 is 0 Å². The first-order valence-corrected chi connectivity index (χ1v) is 11.1. The van der Waals surface area contributed by atoms with E-state index in [-0.39, 0.29) is 29.9 Å². The van der Waals surface area contributed by atoms with Gasteiger partial charge in [0, 0.05) is 39.6 Å². The van der Waals surface area contributed by atoms with Crippen molar-refractivity contribution in [2.45, 2.75) is 45.2 Å². The highest BCUT2D eigenvalue weighted by atomic mass is 127. The summed E-state index contributed by atoms with van der Waals surface area (Å²) in [6.07, 6.45) is 4.91. The van der Waals surface area contributed by atoms with Crippen molar-refractivity contribution in [3.63, 3.8) is 0 Å². The van der Waals surface area contributed by atoms with Crippen molar-refractivity contribution < 1.29 is 9.53 Å². The van der Waals surface area contributed by atoms with Crippen LogP contribution in [0.2, 0.25) is 0 Å². The van der Waals surface area contributed by atoms with Crippen molar-refractivity contribution in [3.8, 4) is 5.75 Å². The van der Waals surface area contributed by atoms with E-state index in [1.807, 2.05) is 17.0 Å². The quantitative estimate of drug-likeness (QED) is 0.202. The highest BCUT2D eigenvalue weighted by Crippen LogP contribution is 2.15. The molecule has 0 spiro atoms. The van der Waals surface area contributed by atoms with Crippen molar-refractivity contribution in [2.24, 2.45) is 4.99 Å². The van der Waals surface area contributed by atoms with Crippen LogP contribution in [0.3, 0.4) is 0 Å². The molecule has 1 aliphatic rings. The topological polar surface area (TPSA) is 66.0 Å². The fourth-order valence-corrected chi connectivity index (χ4v) is 3.79. The number of nitrogens with zero attached hydrogens (tertiary/aromatic N) is 2. The second-order valence-electron chi connectivity index (χ2n) is 7.90. The molecule has 32 heavy (non-hydrogen) atoms. The first kappa shape index (κ1) is 26.0. The van der Waals surface area contributed by atoms with Gasteiger partial charge in [-0.3, -0.25) is 9.79 Å². The summed E-state index contributed by atoms with van der Waals surface area (Å²) in [6, 6.07) is 16.7. The monoisotopic (exact) mass is 550 g/mol. The second kappa shape index (κ2) is 14.0. The molecule has 174 valence electrons.